The van der Waals surface area contributed by atoms with Crippen molar-refractivity contribution in [1.29, 1.82) is 0 Å². The monoisotopic (exact) mass is 292 g/mol. The van der Waals surface area contributed by atoms with Crippen LogP contribution in [0.15, 0.2) is 0 Å². The zero-order valence-electron chi connectivity index (χ0n) is 12.1. The molecule has 3 rings (SSSR count). The van der Waals surface area contributed by atoms with Gasteiger partial charge in [-0.1, -0.05) is 6.42 Å². The van der Waals surface area contributed by atoms with Crippen molar-refractivity contribution < 1.29 is 0 Å². The van der Waals surface area contributed by atoms with Crippen LogP contribution in [0.1, 0.15) is 43.4 Å². The van der Waals surface area contributed by atoms with E-state index in [9.17, 15) is 0 Å². The summed E-state index contributed by atoms with van der Waals surface area (Å²) in [5.74, 6) is 1.03. The Bertz CT molecular complexity index is 505. The van der Waals surface area contributed by atoms with Crippen molar-refractivity contribution in [2.24, 2.45) is 0 Å². The summed E-state index contributed by atoms with van der Waals surface area (Å²) in [6.07, 6.45) is 8.75. The highest BCUT2D eigenvalue weighted by Gasteiger charge is 2.16. The third kappa shape index (κ3) is 3.38. The molecule has 0 amide bonds. The number of hydrogen-bond donors (Lipinski definition) is 2. The Hall–Kier alpha value is -0.940. The number of H-pyrrole nitrogens is 1. The Morgan fingerprint density at radius 1 is 1.10 bits per heavy atom. The fourth-order valence-electron chi connectivity index (χ4n) is 3.26. The highest BCUT2D eigenvalue weighted by molar-refractivity contribution is 7.71. The van der Waals surface area contributed by atoms with Crippen LogP contribution in [0.4, 0.5) is 5.82 Å². The van der Waals surface area contributed by atoms with Crippen LogP contribution in [-0.4, -0.2) is 41.0 Å². The maximum Gasteiger partial charge on any atom is 0.198 e. The molecule has 110 valence electrons. The lowest BCUT2D eigenvalue weighted by atomic mass is 10.1. The minimum absolute atomic E-state index is 0.617. The van der Waals surface area contributed by atoms with Crippen LogP contribution in [0, 0.1) is 4.77 Å². The quantitative estimate of drug-likeness (QED) is 0.841. The number of nitrogens with one attached hydrogen (secondary N) is 2. The molecule has 0 radical (unpaired) electrons. The Kier molecular flexibility index (Phi) is 4.68. The average Bonchev–Trinajstić information content (AvgIpc) is 2.71. The molecule has 5 heteroatoms. The third-order valence-electron chi connectivity index (χ3n) is 4.39. The van der Waals surface area contributed by atoms with Crippen molar-refractivity contribution in [2.45, 2.75) is 44.9 Å². The first-order valence-corrected chi connectivity index (χ1v) is 8.32. The number of anilines is 1. The first kappa shape index (κ1) is 14.0. The molecule has 1 aromatic rings. The molecule has 1 fully saturated rings. The van der Waals surface area contributed by atoms with Gasteiger partial charge in [0.25, 0.3) is 0 Å². The zero-order chi connectivity index (χ0) is 13.8. The summed E-state index contributed by atoms with van der Waals surface area (Å²) in [5, 5.41) is 3.43. The fourth-order valence-corrected chi connectivity index (χ4v) is 3.47. The van der Waals surface area contributed by atoms with Crippen LogP contribution in [0.3, 0.4) is 0 Å². The van der Waals surface area contributed by atoms with E-state index in [4.69, 9.17) is 12.2 Å². The first-order valence-electron chi connectivity index (χ1n) is 7.91. The lowest BCUT2D eigenvalue weighted by Gasteiger charge is -2.26. The van der Waals surface area contributed by atoms with Crippen molar-refractivity contribution in [1.82, 2.24) is 14.9 Å². The van der Waals surface area contributed by atoms with E-state index in [1.807, 2.05) is 0 Å². The van der Waals surface area contributed by atoms with Crippen molar-refractivity contribution in [2.75, 3.05) is 31.5 Å². The van der Waals surface area contributed by atoms with Gasteiger partial charge in [0.05, 0.1) is 0 Å². The molecule has 4 nitrogen and oxygen atoms in total. The number of fused-ring (bicyclic) bond motifs is 1. The maximum atomic E-state index is 5.28. The van der Waals surface area contributed by atoms with E-state index >= 15 is 0 Å². The zero-order valence-corrected chi connectivity index (χ0v) is 12.9. The smallest absolute Gasteiger partial charge is 0.198 e. The Balaban J connectivity index is 1.74. The lowest BCUT2D eigenvalue weighted by molar-refractivity contribution is 0.230. The van der Waals surface area contributed by atoms with Gasteiger partial charge >= 0.3 is 0 Å². The van der Waals surface area contributed by atoms with E-state index in [0.29, 0.717) is 4.77 Å². The normalized spacial score (nSPS) is 20.0. The maximum absolute atomic E-state index is 5.28. The molecule has 1 aromatic heterocycles. The highest BCUT2D eigenvalue weighted by atomic mass is 32.1. The van der Waals surface area contributed by atoms with Crippen molar-refractivity contribution >= 4 is 18.0 Å². The van der Waals surface area contributed by atoms with E-state index in [0.717, 1.165) is 31.7 Å². The van der Waals surface area contributed by atoms with Crippen LogP contribution < -0.4 is 5.32 Å². The number of piperidine rings is 1. The molecule has 0 bridgehead atoms. The van der Waals surface area contributed by atoms with Crippen LogP contribution >= 0.6 is 12.2 Å². The largest absolute Gasteiger partial charge is 0.370 e. The molecule has 0 unspecified atom stereocenters. The Morgan fingerprint density at radius 2 is 1.95 bits per heavy atom. The SMILES string of the molecule is S=c1nc2c(c(CCN3CCCCC3)[nH]1)CCCCN2. The lowest BCUT2D eigenvalue weighted by Crippen LogP contribution is -2.31. The molecule has 20 heavy (non-hydrogen) atoms. The first-order chi connectivity index (χ1) is 9.83. The summed E-state index contributed by atoms with van der Waals surface area (Å²) < 4.78 is 0.617. The molecule has 0 spiro atoms. The summed E-state index contributed by atoms with van der Waals surface area (Å²) >= 11 is 5.28. The third-order valence-corrected chi connectivity index (χ3v) is 4.59. The molecule has 2 aliphatic rings. The topological polar surface area (TPSA) is 44.0 Å². The molecule has 3 heterocycles. The highest BCUT2D eigenvalue weighted by Crippen LogP contribution is 2.22. The molecule has 0 atom stereocenters. The van der Waals surface area contributed by atoms with Crippen molar-refractivity contribution in [3.8, 4) is 0 Å². The summed E-state index contributed by atoms with van der Waals surface area (Å²) in [6.45, 7) is 4.67. The van der Waals surface area contributed by atoms with Gasteiger partial charge in [-0.05, 0) is 57.4 Å². The standard InChI is InChI=1S/C15H24N4S/c20-15-17-13(7-11-19-9-4-1-5-10-19)12-6-2-3-8-16-14(12)18-15/h1-11H2,(H2,16,17,18,20). The molecule has 0 aromatic carbocycles. The van der Waals surface area contributed by atoms with Crippen molar-refractivity contribution in [3.05, 3.63) is 16.0 Å². The molecular formula is C15H24N4S. The van der Waals surface area contributed by atoms with Gasteiger partial charge in [0.1, 0.15) is 5.82 Å². The van der Waals surface area contributed by atoms with Gasteiger partial charge in [-0.2, -0.15) is 0 Å². The van der Waals surface area contributed by atoms with Crippen LogP contribution in [0.2, 0.25) is 0 Å². The van der Waals surface area contributed by atoms with E-state index < -0.39 is 0 Å². The molecular weight excluding hydrogens is 268 g/mol. The summed E-state index contributed by atoms with van der Waals surface area (Å²) in [5.41, 5.74) is 2.67. The van der Waals surface area contributed by atoms with Gasteiger partial charge in [-0.25, -0.2) is 4.98 Å². The van der Waals surface area contributed by atoms with Gasteiger partial charge < -0.3 is 15.2 Å². The number of nitrogens with zero attached hydrogens (tertiary/aromatic N) is 2. The van der Waals surface area contributed by atoms with E-state index in [-0.39, 0.29) is 0 Å². The summed E-state index contributed by atoms with van der Waals surface area (Å²) in [6, 6.07) is 0. The van der Waals surface area contributed by atoms with Gasteiger partial charge in [-0.15, -0.1) is 0 Å². The number of aromatic nitrogens is 2. The van der Waals surface area contributed by atoms with Crippen LogP contribution in [0.5, 0.6) is 0 Å². The number of likely N-dealkylation sites (tertiary alicyclic amines) is 1. The Morgan fingerprint density at radius 3 is 2.80 bits per heavy atom. The minimum Gasteiger partial charge on any atom is -0.370 e. The molecule has 2 aliphatic heterocycles. The van der Waals surface area contributed by atoms with Gasteiger partial charge in [0.15, 0.2) is 4.77 Å². The second-order valence-corrected chi connectivity index (χ2v) is 6.27. The van der Waals surface area contributed by atoms with Gasteiger partial charge in [0.2, 0.25) is 0 Å². The molecule has 0 aliphatic carbocycles. The molecule has 0 saturated carbocycles. The fraction of sp³-hybridized carbons (Fsp3) is 0.733. The second-order valence-electron chi connectivity index (χ2n) is 5.88. The molecule has 1 saturated heterocycles. The Labute approximate surface area is 126 Å². The molecule has 2 N–H and O–H groups in total. The number of aromatic amines is 1. The van der Waals surface area contributed by atoms with Gasteiger partial charge in [0, 0.05) is 30.8 Å². The van der Waals surface area contributed by atoms with Crippen LogP contribution in [0.25, 0.3) is 0 Å². The summed E-state index contributed by atoms with van der Waals surface area (Å²) in [7, 11) is 0. The van der Waals surface area contributed by atoms with E-state index in [1.165, 1.54) is 56.5 Å². The number of rotatable bonds is 3. The summed E-state index contributed by atoms with van der Waals surface area (Å²) in [4.78, 5) is 10.4. The predicted octanol–water partition coefficient (Wildman–Crippen LogP) is 2.92. The van der Waals surface area contributed by atoms with E-state index in [2.05, 4.69) is 20.2 Å². The second kappa shape index (κ2) is 6.68. The number of hydrogen-bond acceptors (Lipinski definition) is 4. The predicted molar refractivity (Wildman–Crippen MR) is 84.8 cm³/mol. The average molecular weight is 292 g/mol. The van der Waals surface area contributed by atoms with Gasteiger partial charge in [-0.3, -0.25) is 0 Å². The minimum atomic E-state index is 0.617. The van der Waals surface area contributed by atoms with E-state index in [1.54, 1.807) is 0 Å². The van der Waals surface area contributed by atoms with Crippen LogP contribution in [-0.2, 0) is 12.8 Å². The van der Waals surface area contributed by atoms with Crippen molar-refractivity contribution in [3.63, 3.8) is 0 Å².